The van der Waals surface area contributed by atoms with E-state index in [0.29, 0.717) is 28.9 Å². The van der Waals surface area contributed by atoms with Crippen LogP contribution in [0.25, 0.3) is 11.4 Å². The van der Waals surface area contributed by atoms with Crippen LogP contribution >= 0.6 is 23.2 Å². The van der Waals surface area contributed by atoms with Crippen molar-refractivity contribution in [1.29, 1.82) is 0 Å². The number of carbonyl (C=O) groups excluding carboxylic acids is 1. The van der Waals surface area contributed by atoms with Crippen molar-refractivity contribution >= 4 is 34.8 Å². The van der Waals surface area contributed by atoms with Gasteiger partial charge in [-0.05, 0) is 47.5 Å². The summed E-state index contributed by atoms with van der Waals surface area (Å²) in [4.78, 5) is 12.6. The Morgan fingerprint density at radius 3 is 2.63 bits per heavy atom. The molecule has 1 fully saturated rings. The van der Waals surface area contributed by atoms with Crippen LogP contribution in [0.15, 0.2) is 36.4 Å². The van der Waals surface area contributed by atoms with Crippen molar-refractivity contribution in [3.05, 3.63) is 52.0 Å². The second-order valence-corrected chi connectivity index (χ2v) is 7.00. The number of methoxy groups -OCH3 is 1. The maximum Gasteiger partial charge on any atom is 0.255 e. The minimum Gasteiger partial charge on any atom is -0.494 e. The van der Waals surface area contributed by atoms with E-state index in [1.165, 1.54) is 19.2 Å². The predicted octanol–water partition coefficient (Wildman–Crippen LogP) is 4.24. The Bertz CT molecular complexity index is 993. The molecular weight excluding hydrogens is 389 g/mol. The summed E-state index contributed by atoms with van der Waals surface area (Å²) in [6.45, 7) is 0. The molecular formula is C18H15Cl2N5O2. The first-order chi connectivity index (χ1) is 13.1. The van der Waals surface area contributed by atoms with Crippen LogP contribution in [-0.4, -0.2) is 33.2 Å². The van der Waals surface area contributed by atoms with Crippen LogP contribution in [0.5, 0.6) is 5.75 Å². The van der Waals surface area contributed by atoms with Crippen molar-refractivity contribution in [1.82, 2.24) is 20.2 Å². The van der Waals surface area contributed by atoms with E-state index in [0.717, 1.165) is 18.4 Å². The minimum atomic E-state index is -0.333. The van der Waals surface area contributed by atoms with E-state index in [9.17, 15) is 4.79 Å². The minimum absolute atomic E-state index is 0.271. The van der Waals surface area contributed by atoms with Crippen LogP contribution in [-0.2, 0) is 0 Å². The summed E-state index contributed by atoms with van der Waals surface area (Å²) in [6, 6.07) is 10.7. The average molecular weight is 404 g/mol. The zero-order valence-electron chi connectivity index (χ0n) is 14.3. The molecule has 0 atom stereocenters. The molecule has 0 spiro atoms. The van der Waals surface area contributed by atoms with Gasteiger partial charge in [0.15, 0.2) is 11.6 Å². The molecule has 4 rings (SSSR count). The van der Waals surface area contributed by atoms with Crippen molar-refractivity contribution in [3.8, 4) is 17.1 Å². The van der Waals surface area contributed by atoms with Gasteiger partial charge in [0.25, 0.3) is 5.91 Å². The highest BCUT2D eigenvalue weighted by Gasteiger charge is 2.28. The summed E-state index contributed by atoms with van der Waals surface area (Å²) in [5.74, 6) is 0.688. The molecule has 1 N–H and O–H groups in total. The highest BCUT2D eigenvalue weighted by molar-refractivity contribution is 6.37. The third-order valence-electron chi connectivity index (χ3n) is 4.23. The lowest BCUT2D eigenvalue weighted by Crippen LogP contribution is -2.12. The molecule has 9 heteroatoms. The second-order valence-electron chi connectivity index (χ2n) is 6.19. The van der Waals surface area contributed by atoms with E-state index in [-0.39, 0.29) is 16.0 Å². The van der Waals surface area contributed by atoms with Gasteiger partial charge in [0.05, 0.1) is 23.2 Å². The Morgan fingerprint density at radius 1 is 1.22 bits per heavy atom. The average Bonchev–Trinajstić information content (AvgIpc) is 3.38. The fraction of sp³-hybridized carbons (Fsp3) is 0.222. The number of anilines is 1. The monoisotopic (exact) mass is 403 g/mol. The van der Waals surface area contributed by atoms with Crippen LogP contribution in [0.1, 0.15) is 29.2 Å². The molecule has 0 unspecified atom stereocenters. The SMILES string of the molecule is COc1c(Cl)cc(C(=O)Nc2cccc(-c3nnnn3C3CC3)c2)cc1Cl. The lowest BCUT2D eigenvalue weighted by molar-refractivity contribution is 0.102. The van der Waals surface area contributed by atoms with Crippen molar-refractivity contribution in [2.24, 2.45) is 0 Å². The Hall–Kier alpha value is -2.64. The van der Waals surface area contributed by atoms with Gasteiger partial charge in [-0.3, -0.25) is 4.79 Å². The van der Waals surface area contributed by atoms with Gasteiger partial charge in [-0.2, -0.15) is 0 Å². The number of amides is 1. The summed E-state index contributed by atoms with van der Waals surface area (Å²) >= 11 is 12.2. The summed E-state index contributed by atoms with van der Waals surface area (Å²) in [5.41, 5.74) is 1.78. The fourth-order valence-electron chi connectivity index (χ4n) is 2.77. The Morgan fingerprint density at radius 2 is 1.96 bits per heavy atom. The summed E-state index contributed by atoms with van der Waals surface area (Å²) < 4.78 is 6.93. The van der Waals surface area contributed by atoms with Crippen molar-refractivity contribution in [2.75, 3.05) is 12.4 Å². The molecule has 1 aliphatic carbocycles. The number of benzene rings is 2. The van der Waals surface area contributed by atoms with Gasteiger partial charge in [-0.15, -0.1) is 5.10 Å². The number of nitrogens with zero attached hydrogens (tertiary/aromatic N) is 4. The van der Waals surface area contributed by atoms with Crippen LogP contribution in [0.3, 0.4) is 0 Å². The number of carbonyl (C=O) groups is 1. The van der Waals surface area contributed by atoms with Gasteiger partial charge < -0.3 is 10.1 Å². The molecule has 0 bridgehead atoms. The number of nitrogens with one attached hydrogen (secondary N) is 1. The van der Waals surface area contributed by atoms with Crippen LogP contribution in [0.4, 0.5) is 5.69 Å². The Labute approximate surface area is 165 Å². The molecule has 0 aliphatic heterocycles. The molecule has 138 valence electrons. The standard InChI is InChI=1S/C18H15Cl2N5O2/c1-27-16-14(19)8-11(9-15(16)20)18(26)21-12-4-2-3-10(7-12)17-22-23-24-25(17)13-5-6-13/h2-4,7-9,13H,5-6H2,1H3,(H,21,26). The molecule has 27 heavy (non-hydrogen) atoms. The number of ether oxygens (including phenoxy) is 1. The molecule has 1 amide bonds. The molecule has 1 aliphatic rings. The summed E-state index contributed by atoms with van der Waals surface area (Å²) in [5, 5.41) is 15.3. The fourth-order valence-corrected chi connectivity index (χ4v) is 3.42. The van der Waals surface area contributed by atoms with Crippen LogP contribution < -0.4 is 10.1 Å². The number of hydrogen-bond donors (Lipinski definition) is 1. The molecule has 1 aromatic heterocycles. The smallest absolute Gasteiger partial charge is 0.255 e. The van der Waals surface area contributed by atoms with E-state index in [1.54, 1.807) is 6.07 Å². The van der Waals surface area contributed by atoms with Gasteiger partial charge in [0.1, 0.15) is 0 Å². The second kappa shape index (κ2) is 7.17. The van der Waals surface area contributed by atoms with Crippen LogP contribution in [0.2, 0.25) is 10.0 Å². The number of aromatic nitrogens is 4. The first-order valence-electron chi connectivity index (χ1n) is 8.29. The van der Waals surface area contributed by atoms with Gasteiger partial charge in [0.2, 0.25) is 0 Å². The maximum atomic E-state index is 12.6. The quantitative estimate of drug-likeness (QED) is 0.688. The normalized spacial score (nSPS) is 13.4. The molecule has 1 saturated carbocycles. The van der Waals surface area contributed by atoms with Crippen molar-refractivity contribution in [3.63, 3.8) is 0 Å². The molecule has 7 nitrogen and oxygen atoms in total. The molecule has 0 saturated heterocycles. The third kappa shape index (κ3) is 3.61. The zero-order valence-corrected chi connectivity index (χ0v) is 15.8. The van der Waals surface area contributed by atoms with E-state index in [4.69, 9.17) is 27.9 Å². The number of halogens is 2. The van der Waals surface area contributed by atoms with Crippen LogP contribution in [0, 0.1) is 0 Å². The van der Waals surface area contributed by atoms with Gasteiger partial charge in [-0.1, -0.05) is 35.3 Å². The van der Waals surface area contributed by atoms with Crippen molar-refractivity contribution in [2.45, 2.75) is 18.9 Å². The Kier molecular flexibility index (Phi) is 4.72. The first kappa shape index (κ1) is 17.8. The number of tetrazole rings is 1. The summed E-state index contributed by atoms with van der Waals surface area (Å²) in [7, 11) is 1.47. The van der Waals surface area contributed by atoms with Crippen molar-refractivity contribution < 1.29 is 9.53 Å². The lowest BCUT2D eigenvalue weighted by Gasteiger charge is -2.10. The van der Waals surface area contributed by atoms with E-state index in [2.05, 4.69) is 20.8 Å². The molecule has 3 aromatic rings. The molecule has 1 heterocycles. The molecule has 2 aromatic carbocycles. The number of hydrogen-bond acceptors (Lipinski definition) is 5. The zero-order chi connectivity index (χ0) is 19.0. The first-order valence-corrected chi connectivity index (χ1v) is 9.05. The van der Waals surface area contributed by atoms with E-state index in [1.807, 2.05) is 22.9 Å². The third-order valence-corrected chi connectivity index (χ3v) is 4.79. The highest BCUT2D eigenvalue weighted by atomic mass is 35.5. The van der Waals surface area contributed by atoms with E-state index >= 15 is 0 Å². The predicted molar refractivity (Wildman–Crippen MR) is 102 cm³/mol. The van der Waals surface area contributed by atoms with Gasteiger partial charge >= 0.3 is 0 Å². The van der Waals surface area contributed by atoms with Gasteiger partial charge in [0, 0.05) is 16.8 Å². The molecule has 0 radical (unpaired) electrons. The highest BCUT2D eigenvalue weighted by Crippen LogP contribution is 2.37. The number of rotatable bonds is 5. The topological polar surface area (TPSA) is 81.9 Å². The summed E-state index contributed by atoms with van der Waals surface area (Å²) in [6.07, 6.45) is 2.15. The Balaban J connectivity index is 1.58. The van der Waals surface area contributed by atoms with E-state index < -0.39 is 0 Å². The van der Waals surface area contributed by atoms with Gasteiger partial charge in [-0.25, -0.2) is 4.68 Å². The largest absolute Gasteiger partial charge is 0.494 e. The lowest BCUT2D eigenvalue weighted by atomic mass is 10.1. The maximum absolute atomic E-state index is 12.6.